The van der Waals surface area contributed by atoms with E-state index in [1.807, 2.05) is 24.3 Å². The van der Waals surface area contributed by atoms with Crippen LogP contribution in [0.1, 0.15) is 11.1 Å². The van der Waals surface area contributed by atoms with E-state index >= 15 is 0 Å². The number of rotatable bonds is 7. The first-order valence-electron chi connectivity index (χ1n) is 7.93. The third-order valence-electron chi connectivity index (χ3n) is 3.76. The highest BCUT2D eigenvalue weighted by molar-refractivity contribution is 7.98. The molecule has 0 N–H and O–H groups in total. The van der Waals surface area contributed by atoms with Crippen LogP contribution >= 0.6 is 11.8 Å². The van der Waals surface area contributed by atoms with E-state index in [1.165, 1.54) is 5.56 Å². The molecule has 0 radical (unpaired) electrons. The van der Waals surface area contributed by atoms with Gasteiger partial charge in [0.15, 0.2) is 11.0 Å². The Hall–Kier alpha value is -2.60. The zero-order chi connectivity index (χ0) is 17.6. The van der Waals surface area contributed by atoms with Crippen LogP contribution in [-0.2, 0) is 12.3 Å². The molecule has 0 fully saturated rings. The number of hydrogen-bond acceptors (Lipinski definition) is 5. The van der Waals surface area contributed by atoms with E-state index < -0.39 is 0 Å². The van der Waals surface area contributed by atoms with E-state index in [4.69, 9.17) is 4.74 Å². The van der Waals surface area contributed by atoms with Crippen molar-refractivity contribution in [1.29, 1.82) is 0 Å². The molecule has 0 aliphatic carbocycles. The molecule has 2 heterocycles. The molecule has 5 nitrogen and oxygen atoms in total. The summed E-state index contributed by atoms with van der Waals surface area (Å²) >= 11 is 1.64. The number of ether oxygens (including phenoxy) is 1. The SMILES string of the molecule is C=CCn1c(SCc2cc(C)ccc2OC)nnc1-c1ccncc1. The van der Waals surface area contributed by atoms with Crippen LogP contribution in [0.2, 0.25) is 0 Å². The molecule has 3 rings (SSSR count). The Bertz CT molecular complexity index is 861. The van der Waals surface area contributed by atoms with Gasteiger partial charge in [0.2, 0.25) is 0 Å². The highest BCUT2D eigenvalue weighted by atomic mass is 32.2. The summed E-state index contributed by atoms with van der Waals surface area (Å²) in [6, 6.07) is 10.1. The normalized spacial score (nSPS) is 10.6. The highest BCUT2D eigenvalue weighted by Crippen LogP contribution is 2.30. The average Bonchev–Trinajstić information content (AvgIpc) is 3.04. The molecule has 0 amide bonds. The lowest BCUT2D eigenvalue weighted by Gasteiger charge is -2.10. The van der Waals surface area contributed by atoms with Crippen molar-refractivity contribution in [3.8, 4) is 17.1 Å². The third kappa shape index (κ3) is 3.91. The minimum absolute atomic E-state index is 0.651. The van der Waals surface area contributed by atoms with Crippen molar-refractivity contribution in [1.82, 2.24) is 19.7 Å². The van der Waals surface area contributed by atoms with Gasteiger partial charge in [-0.05, 0) is 25.1 Å². The van der Waals surface area contributed by atoms with Crippen molar-refractivity contribution >= 4 is 11.8 Å². The zero-order valence-electron chi connectivity index (χ0n) is 14.3. The van der Waals surface area contributed by atoms with Crippen LogP contribution in [0.25, 0.3) is 11.4 Å². The second-order valence-electron chi connectivity index (χ2n) is 5.55. The number of pyridine rings is 1. The van der Waals surface area contributed by atoms with Gasteiger partial charge in [0.05, 0.1) is 7.11 Å². The van der Waals surface area contributed by atoms with Crippen molar-refractivity contribution < 1.29 is 4.74 Å². The lowest BCUT2D eigenvalue weighted by atomic mass is 10.1. The molecule has 0 bridgehead atoms. The minimum Gasteiger partial charge on any atom is -0.496 e. The smallest absolute Gasteiger partial charge is 0.192 e. The van der Waals surface area contributed by atoms with Crippen molar-refractivity contribution in [3.05, 3.63) is 66.5 Å². The molecule has 0 aliphatic rings. The average molecular weight is 352 g/mol. The molecule has 6 heteroatoms. The third-order valence-corrected chi connectivity index (χ3v) is 4.78. The van der Waals surface area contributed by atoms with Crippen molar-refractivity contribution in [2.45, 2.75) is 24.4 Å². The van der Waals surface area contributed by atoms with Crippen LogP contribution in [0.5, 0.6) is 5.75 Å². The maximum atomic E-state index is 5.46. The number of nitrogens with zero attached hydrogens (tertiary/aromatic N) is 4. The van der Waals surface area contributed by atoms with E-state index in [2.05, 4.69) is 45.4 Å². The van der Waals surface area contributed by atoms with Crippen molar-refractivity contribution in [2.24, 2.45) is 0 Å². The topological polar surface area (TPSA) is 52.8 Å². The fourth-order valence-corrected chi connectivity index (χ4v) is 3.49. The first kappa shape index (κ1) is 17.2. The first-order valence-corrected chi connectivity index (χ1v) is 8.92. The maximum Gasteiger partial charge on any atom is 0.192 e. The largest absolute Gasteiger partial charge is 0.496 e. The second-order valence-corrected chi connectivity index (χ2v) is 6.49. The second kappa shape index (κ2) is 7.98. The lowest BCUT2D eigenvalue weighted by molar-refractivity contribution is 0.411. The Morgan fingerprint density at radius 2 is 2.00 bits per heavy atom. The van der Waals surface area contributed by atoms with E-state index in [0.29, 0.717) is 6.54 Å². The van der Waals surface area contributed by atoms with Crippen LogP contribution in [0.3, 0.4) is 0 Å². The Kier molecular flexibility index (Phi) is 5.50. The fraction of sp³-hybridized carbons (Fsp3) is 0.211. The Labute approximate surface area is 151 Å². The molecule has 25 heavy (non-hydrogen) atoms. The van der Waals surface area contributed by atoms with Crippen LogP contribution in [-0.4, -0.2) is 26.9 Å². The van der Waals surface area contributed by atoms with Crippen molar-refractivity contribution in [3.63, 3.8) is 0 Å². The fourth-order valence-electron chi connectivity index (χ4n) is 2.57. The molecule has 0 saturated carbocycles. The monoisotopic (exact) mass is 352 g/mol. The van der Waals surface area contributed by atoms with Crippen LogP contribution in [0, 0.1) is 6.92 Å². The predicted molar refractivity (Wildman–Crippen MR) is 101 cm³/mol. The molecule has 0 saturated heterocycles. The zero-order valence-corrected chi connectivity index (χ0v) is 15.2. The van der Waals surface area contributed by atoms with Gasteiger partial charge < -0.3 is 4.74 Å². The Morgan fingerprint density at radius 1 is 1.20 bits per heavy atom. The molecule has 2 aromatic heterocycles. The molecular weight excluding hydrogens is 332 g/mol. The number of thioether (sulfide) groups is 1. The number of benzene rings is 1. The number of allylic oxidation sites excluding steroid dienone is 1. The Balaban J connectivity index is 1.87. The summed E-state index contributed by atoms with van der Waals surface area (Å²) in [6.07, 6.45) is 5.37. The van der Waals surface area contributed by atoms with Gasteiger partial charge in [-0.2, -0.15) is 0 Å². The molecular formula is C19H20N4OS. The van der Waals surface area contributed by atoms with E-state index in [1.54, 1.807) is 31.3 Å². The van der Waals surface area contributed by atoms with E-state index in [9.17, 15) is 0 Å². The number of hydrogen-bond donors (Lipinski definition) is 0. The first-order chi connectivity index (χ1) is 12.2. The van der Waals surface area contributed by atoms with Gasteiger partial charge in [0.1, 0.15) is 5.75 Å². The summed E-state index contributed by atoms with van der Waals surface area (Å²) in [5, 5.41) is 9.59. The van der Waals surface area contributed by atoms with Crippen LogP contribution < -0.4 is 4.74 Å². The van der Waals surface area contributed by atoms with E-state index in [0.717, 1.165) is 33.6 Å². The van der Waals surface area contributed by atoms with Crippen LogP contribution in [0.4, 0.5) is 0 Å². The molecule has 0 atom stereocenters. The highest BCUT2D eigenvalue weighted by Gasteiger charge is 2.14. The van der Waals surface area contributed by atoms with Gasteiger partial charge in [-0.25, -0.2) is 0 Å². The molecule has 1 aromatic carbocycles. The van der Waals surface area contributed by atoms with Gasteiger partial charge in [0, 0.05) is 35.8 Å². The summed E-state index contributed by atoms with van der Waals surface area (Å²) in [7, 11) is 1.70. The molecule has 0 unspecified atom stereocenters. The van der Waals surface area contributed by atoms with Crippen molar-refractivity contribution in [2.75, 3.05) is 7.11 Å². The lowest BCUT2D eigenvalue weighted by Crippen LogP contribution is -2.01. The van der Waals surface area contributed by atoms with Gasteiger partial charge in [-0.15, -0.1) is 16.8 Å². The van der Waals surface area contributed by atoms with Crippen LogP contribution in [0.15, 0.2) is 60.5 Å². The summed E-state index contributed by atoms with van der Waals surface area (Å²) in [5.41, 5.74) is 3.34. The summed E-state index contributed by atoms with van der Waals surface area (Å²) in [5.74, 6) is 2.47. The standard InChI is InChI=1S/C19H20N4OS/c1-4-11-23-18(15-7-9-20-10-8-15)21-22-19(23)25-13-16-12-14(2)5-6-17(16)24-3/h4-10,12H,1,11,13H2,2-3H3. The van der Waals surface area contributed by atoms with Gasteiger partial charge in [0.25, 0.3) is 0 Å². The van der Waals surface area contributed by atoms with E-state index in [-0.39, 0.29) is 0 Å². The molecule has 128 valence electrons. The number of aryl methyl sites for hydroxylation is 1. The maximum absolute atomic E-state index is 5.46. The van der Waals surface area contributed by atoms with Gasteiger partial charge in [-0.3, -0.25) is 9.55 Å². The number of methoxy groups -OCH3 is 1. The number of aromatic nitrogens is 4. The summed E-state index contributed by atoms with van der Waals surface area (Å²) in [6.45, 7) is 6.58. The molecule has 0 spiro atoms. The molecule has 0 aliphatic heterocycles. The predicted octanol–water partition coefficient (Wildman–Crippen LogP) is 4.14. The van der Waals surface area contributed by atoms with Gasteiger partial charge in [-0.1, -0.05) is 35.5 Å². The summed E-state index contributed by atoms with van der Waals surface area (Å²) < 4.78 is 7.53. The quantitative estimate of drug-likeness (QED) is 0.472. The molecule has 3 aromatic rings. The Morgan fingerprint density at radius 3 is 2.72 bits per heavy atom. The summed E-state index contributed by atoms with van der Waals surface area (Å²) in [4.78, 5) is 4.06. The van der Waals surface area contributed by atoms with Gasteiger partial charge >= 0.3 is 0 Å². The minimum atomic E-state index is 0.651.